The van der Waals surface area contributed by atoms with Gasteiger partial charge < -0.3 is 17.8 Å². The molecular formula is C71H65IrN5O3-2. The third-order valence-corrected chi connectivity index (χ3v) is 15.2. The molecule has 0 aliphatic heterocycles. The molecule has 1 radical (unpaired) electrons. The van der Waals surface area contributed by atoms with Crippen LogP contribution in [0.1, 0.15) is 137 Å². The van der Waals surface area contributed by atoms with E-state index < -0.39 is 6.85 Å². The Hall–Kier alpha value is -7.97. The molecule has 7 aromatic carbocycles. The number of rotatable bonds is 9. The van der Waals surface area contributed by atoms with Crippen LogP contribution in [0.15, 0.2) is 165 Å². The van der Waals surface area contributed by atoms with Gasteiger partial charge in [0.25, 0.3) is 0 Å². The summed E-state index contributed by atoms with van der Waals surface area (Å²) in [7, 11) is 0. The van der Waals surface area contributed by atoms with Crippen molar-refractivity contribution in [1.29, 1.82) is 0 Å². The molecule has 9 heteroatoms. The quantitative estimate of drug-likeness (QED) is 0.133. The van der Waals surface area contributed by atoms with Gasteiger partial charge in [0.1, 0.15) is 16.7 Å². The Morgan fingerprint density at radius 3 is 1.99 bits per heavy atom. The SMILES string of the molecule is CC(C)(C)c1ccnc(-c2[c-]cccc2)n1.[2H]C([2H])([2H])c1c[c-]c(-c2nc3cc4occ(-c5c(C(C)C)cccc5C(C)C)c4cc3n2-c2c(C(C)C)cc(-c3ccccc3)cc2C(C)C)c2oc3nc4c(cc3c12)oc1ccccc14.[Ir]. The van der Waals surface area contributed by atoms with Crippen LogP contribution in [0.4, 0.5) is 0 Å². The first-order valence-electron chi connectivity index (χ1n) is 29.0. The van der Waals surface area contributed by atoms with Crippen molar-refractivity contribution in [1.82, 2.24) is 24.5 Å². The summed E-state index contributed by atoms with van der Waals surface area (Å²) >= 11 is 0. The zero-order valence-corrected chi connectivity index (χ0v) is 49.4. The van der Waals surface area contributed by atoms with Crippen LogP contribution in [0, 0.1) is 19.0 Å². The summed E-state index contributed by atoms with van der Waals surface area (Å²) in [5.74, 6) is 2.09. The van der Waals surface area contributed by atoms with Crippen molar-refractivity contribution in [2.24, 2.45) is 0 Å². The fourth-order valence-electron chi connectivity index (χ4n) is 11.1. The topological polar surface area (TPSA) is 95.9 Å². The van der Waals surface area contributed by atoms with E-state index in [1.54, 1.807) is 6.07 Å². The summed E-state index contributed by atoms with van der Waals surface area (Å²) in [6, 6.07) is 53.5. The first-order valence-corrected chi connectivity index (χ1v) is 27.5. The van der Waals surface area contributed by atoms with Crippen LogP contribution in [0.5, 0.6) is 0 Å². The van der Waals surface area contributed by atoms with E-state index in [2.05, 4.69) is 163 Å². The number of imidazole rings is 1. The van der Waals surface area contributed by atoms with Gasteiger partial charge in [0.15, 0.2) is 5.58 Å². The van der Waals surface area contributed by atoms with Gasteiger partial charge >= 0.3 is 0 Å². The first-order chi connectivity index (χ1) is 39.2. The Morgan fingerprint density at radius 2 is 1.31 bits per heavy atom. The molecule has 0 aliphatic carbocycles. The fraction of sp³-hybridized carbons (Fsp3) is 0.239. The van der Waals surface area contributed by atoms with E-state index in [4.69, 9.17) is 27.3 Å². The Labute approximate surface area is 485 Å². The normalized spacial score (nSPS) is 12.8. The van der Waals surface area contributed by atoms with Crippen molar-refractivity contribution in [2.45, 2.75) is 112 Å². The van der Waals surface area contributed by atoms with E-state index in [0.717, 1.165) is 78.0 Å². The van der Waals surface area contributed by atoms with E-state index in [0.29, 0.717) is 50.1 Å². The number of para-hydroxylation sites is 1. The minimum absolute atomic E-state index is 0. The molecule has 0 aliphatic rings. The number of aryl methyl sites for hydroxylation is 1. The second-order valence-corrected chi connectivity index (χ2v) is 23.0. The molecule has 0 unspecified atom stereocenters. The molecule has 8 nitrogen and oxygen atoms in total. The van der Waals surface area contributed by atoms with Gasteiger partial charge in [0.2, 0.25) is 5.71 Å². The van der Waals surface area contributed by atoms with E-state index in [1.165, 1.54) is 16.7 Å². The third-order valence-electron chi connectivity index (χ3n) is 15.2. The standard InChI is InChI=1S/C57H50N3O3.C14H15N2.Ir/c1-30(2)37-19-15-20-38(31(3)4)52(37)45-29-61-49-28-46-47(26-43(45)49)60(54-41(32(5)6)24-36(25-42(54)33(7)8)35-16-11-10-12-17-35)56(58-46)40-23-22-34(9)51-44-27-50-53(59-57(44)63-55(40)51)39-18-13-14-21-48(39)62-50;1-14(2,3)12-9-10-15-13(16-12)11-7-5-4-6-8-11;/h10-22,24-33H,1-9H3;4-7,9-10H,1-3H3;/q2*-1;/i9D3;;. The Kier molecular flexibility index (Phi) is 13.4. The van der Waals surface area contributed by atoms with Crippen LogP contribution >= 0.6 is 0 Å². The molecule has 0 atom stereocenters. The number of pyridine rings is 1. The van der Waals surface area contributed by atoms with Gasteiger partial charge in [-0.15, -0.1) is 53.6 Å². The first kappa shape index (κ1) is 50.3. The summed E-state index contributed by atoms with van der Waals surface area (Å²) < 4.78 is 48.1. The average Bonchev–Trinajstić information content (AvgIpc) is 3.33. The second kappa shape index (κ2) is 21.3. The van der Waals surface area contributed by atoms with E-state index in [9.17, 15) is 0 Å². The monoisotopic (exact) mass is 1230 g/mol. The molecular weight excluding hydrogens is 1160 g/mol. The molecule has 0 saturated carbocycles. The number of aromatic nitrogens is 5. The van der Waals surface area contributed by atoms with Crippen molar-refractivity contribution in [2.75, 3.05) is 0 Å². The second-order valence-electron chi connectivity index (χ2n) is 23.0. The molecule has 13 aromatic rings. The van der Waals surface area contributed by atoms with Gasteiger partial charge in [-0.3, -0.25) is 15.0 Å². The molecule has 403 valence electrons. The number of nitrogens with zero attached hydrogens (tertiary/aromatic N) is 5. The maximum absolute atomic E-state index is 8.74. The molecule has 0 bridgehead atoms. The van der Waals surface area contributed by atoms with Gasteiger partial charge in [-0.1, -0.05) is 155 Å². The van der Waals surface area contributed by atoms with Crippen LogP contribution in [0.2, 0.25) is 0 Å². The van der Waals surface area contributed by atoms with Crippen molar-refractivity contribution >= 4 is 66.1 Å². The van der Waals surface area contributed by atoms with Crippen LogP contribution in [-0.2, 0) is 25.5 Å². The number of hydrogen-bond donors (Lipinski definition) is 0. The molecule has 6 heterocycles. The van der Waals surface area contributed by atoms with Crippen LogP contribution in [0.3, 0.4) is 0 Å². The Morgan fingerprint density at radius 1 is 0.613 bits per heavy atom. The van der Waals surface area contributed by atoms with Gasteiger partial charge in [-0.05, 0) is 105 Å². The van der Waals surface area contributed by atoms with Gasteiger partial charge in [-0.25, -0.2) is 4.98 Å². The molecule has 0 spiro atoms. The number of fused-ring (bicyclic) bond motifs is 8. The molecule has 0 saturated heterocycles. The van der Waals surface area contributed by atoms with E-state index in [1.807, 2.05) is 85.3 Å². The molecule has 80 heavy (non-hydrogen) atoms. The molecule has 0 N–H and O–H groups in total. The maximum atomic E-state index is 8.74. The minimum atomic E-state index is -2.49. The van der Waals surface area contributed by atoms with Gasteiger partial charge in [0.05, 0.1) is 34.5 Å². The predicted octanol–water partition coefficient (Wildman–Crippen LogP) is 19.8. The molecule has 0 amide bonds. The number of furan rings is 3. The van der Waals surface area contributed by atoms with Crippen molar-refractivity contribution in [3.63, 3.8) is 0 Å². The summed E-state index contributed by atoms with van der Waals surface area (Å²) in [5, 5.41) is 2.81. The summed E-state index contributed by atoms with van der Waals surface area (Å²) in [6.45, 7) is 21.9. The summed E-state index contributed by atoms with van der Waals surface area (Å²) in [4.78, 5) is 19.4. The number of hydrogen-bond acceptors (Lipinski definition) is 7. The van der Waals surface area contributed by atoms with E-state index in [-0.39, 0.29) is 54.8 Å². The third kappa shape index (κ3) is 9.54. The Balaban J connectivity index is 0.000000366. The van der Waals surface area contributed by atoms with E-state index >= 15 is 0 Å². The smallest absolute Gasteiger partial charge is 0.216 e. The van der Waals surface area contributed by atoms with Gasteiger partial charge in [-0.2, -0.15) is 0 Å². The van der Waals surface area contributed by atoms with Crippen molar-refractivity contribution in [3.8, 4) is 50.7 Å². The van der Waals surface area contributed by atoms with Crippen LogP contribution < -0.4 is 0 Å². The zero-order valence-electron chi connectivity index (χ0n) is 50.0. The van der Waals surface area contributed by atoms with Gasteiger partial charge in [0, 0.05) is 75.0 Å². The predicted molar refractivity (Wildman–Crippen MR) is 324 cm³/mol. The Bertz CT molecular complexity index is 4510. The molecule has 13 rings (SSSR count). The van der Waals surface area contributed by atoms with Crippen molar-refractivity contribution < 1.29 is 37.5 Å². The zero-order chi connectivity index (χ0) is 57.5. The average molecular weight is 1230 g/mol. The molecule has 0 fully saturated rings. The number of benzene rings is 7. The van der Waals surface area contributed by atoms with Crippen LogP contribution in [0.25, 0.3) is 117 Å². The summed E-state index contributed by atoms with van der Waals surface area (Å²) in [5.41, 5.74) is 17.9. The largest absolute Gasteiger partial charge is 0.486 e. The molecule has 6 aromatic heterocycles. The summed E-state index contributed by atoms with van der Waals surface area (Å²) in [6.07, 6.45) is 3.71. The van der Waals surface area contributed by atoms with Crippen molar-refractivity contribution in [3.05, 3.63) is 198 Å². The minimum Gasteiger partial charge on any atom is -0.486 e. The van der Waals surface area contributed by atoms with Crippen LogP contribution in [-0.4, -0.2) is 24.5 Å². The maximum Gasteiger partial charge on any atom is 0.216 e. The fourth-order valence-corrected chi connectivity index (χ4v) is 11.1.